The van der Waals surface area contributed by atoms with Crippen LogP contribution < -0.4 is 10.9 Å². The highest BCUT2D eigenvalue weighted by molar-refractivity contribution is 5.96. The molecule has 8 heteroatoms. The molecule has 2 aromatic heterocycles. The van der Waals surface area contributed by atoms with Crippen molar-refractivity contribution in [2.45, 2.75) is 27.1 Å². The van der Waals surface area contributed by atoms with E-state index in [0.717, 1.165) is 5.56 Å². The van der Waals surface area contributed by atoms with Crippen molar-refractivity contribution in [3.63, 3.8) is 0 Å². The quantitative estimate of drug-likeness (QED) is 0.727. The van der Waals surface area contributed by atoms with Gasteiger partial charge in [0, 0.05) is 19.4 Å². The van der Waals surface area contributed by atoms with Gasteiger partial charge in [-0.1, -0.05) is 0 Å². The lowest BCUT2D eigenvalue weighted by atomic mass is 10.2. The average Bonchev–Trinajstić information content (AvgIpc) is 2.52. The monoisotopic (exact) mass is 335 g/mol. The molecule has 0 aromatic carbocycles. The van der Waals surface area contributed by atoms with Crippen LogP contribution >= 0.6 is 0 Å². The van der Waals surface area contributed by atoms with Crippen LogP contribution in [0.4, 0.5) is 0 Å². The van der Waals surface area contributed by atoms with Crippen LogP contribution in [0.2, 0.25) is 0 Å². The topological polar surface area (TPSA) is 102 Å². The lowest BCUT2D eigenvalue weighted by Crippen LogP contribution is -2.38. The van der Waals surface area contributed by atoms with E-state index in [-0.39, 0.29) is 12.2 Å². The van der Waals surface area contributed by atoms with Crippen LogP contribution in [0.15, 0.2) is 23.1 Å². The van der Waals surface area contributed by atoms with Crippen molar-refractivity contribution < 1.29 is 19.4 Å². The fourth-order valence-corrected chi connectivity index (χ4v) is 2.23. The van der Waals surface area contributed by atoms with Crippen LogP contribution in [0.5, 0.6) is 5.88 Å². The highest BCUT2D eigenvalue weighted by Crippen LogP contribution is 2.12. The number of ether oxygens (including phenoxy) is 2. The van der Waals surface area contributed by atoms with Gasteiger partial charge in [0.2, 0.25) is 5.88 Å². The molecule has 2 aromatic rings. The first-order valence-electron chi connectivity index (χ1n) is 7.71. The SMILES string of the molecule is CCOC(CNC(=O)c1c(O)nc2cc(C)ccn2c1=O)OCC. The third-order valence-corrected chi connectivity index (χ3v) is 3.33. The lowest BCUT2D eigenvalue weighted by molar-refractivity contribution is -0.131. The van der Waals surface area contributed by atoms with Crippen LogP contribution in [0, 0.1) is 6.92 Å². The van der Waals surface area contributed by atoms with Gasteiger partial charge < -0.3 is 19.9 Å². The number of aryl methyl sites for hydroxylation is 1. The summed E-state index contributed by atoms with van der Waals surface area (Å²) in [7, 11) is 0. The van der Waals surface area contributed by atoms with E-state index in [1.165, 1.54) is 10.6 Å². The third kappa shape index (κ3) is 3.90. The Kier molecular flexibility index (Phi) is 5.88. The van der Waals surface area contributed by atoms with Gasteiger partial charge in [0.25, 0.3) is 11.5 Å². The zero-order valence-corrected chi connectivity index (χ0v) is 13.9. The molecule has 0 aliphatic heterocycles. The molecule has 8 nitrogen and oxygen atoms in total. The number of carbonyl (C=O) groups excluding carboxylic acids is 1. The van der Waals surface area contributed by atoms with Gasteiger partial charge in [-0.2, -0.15) is 4.98 Å². The van der Waals surface area contributed by atoms with E-state index in [1.54, 1.807) is 26.0 Å². The van der Waals surface area contributed by atoms with Crippen molar-refractivity contribution in [3.8, 4) is 5.88 Å². The molecule has 0 atom stereocenters. The molecule has 2 heterocycles. The number of nitrogens with one attached hydrogen (secondary N) is 1. The minimum Gasteiger partial charge on any atom is -0.493 e. The van der Waals surface area contributed by atoms with Gasteiger partial charge in [0.15, 0.2) is 11.9 Å². The summed E-state index contributed by atoms with van der Waals surface area (Å²) in [5, 5.41) is 12.5. The predicted molar refractivity (Wildman–Crippen MR) is 87.2 cm³/mol. The van der Waals surface area contributed by atoms with Gasteiger partial charge in [-0.15, -0.1) is 0 Å². The zero-order chi connectivity index (χ0) is 17.7. The van der Waals surface area contributed by atoms with Crippen molar-refractivity contribution in [2.24, 2.45) is 0 Å². The van der Waals surface area contributed by atoms with Gasteiger partial charge in [-0.3, -0.25) is 14.0 Å². The van der Waals surface area contributed by atoms with E-state index in [2.05, 4.69) is 10.3 Å². The minimum absolute atomic E-state index is 0.0516. The van der Waals surface area contributed by atoms with Gasteiger partial charge in [-0.25, -0.2) is 0 Å². The van der Waals surface area contributed by atoms with E-state index >= 15 is 0 Å². The molecular formula is C16H21N3O5. The number of pyridine rings is 1. The van der Waals surface area contributed by atoms with Gasteiger partial charge >= 0.3 is 0 Å². The Bertz CT molecular complexity index is 781. The van der Waals surface area contributed by atoms with E-state index in [1.807, 2.05) is 6.92 Å². The Morgan fingerprint density at radius 3 is 2.67 bits per heavy atom. The van der Waals surface area contributed by atoms with Crippen LogP contribution in [-0.4, -0.2) is 46.4 Å². The average molecular weight is 335 g/mol. The molecule has 0 fully saturated rings. The Labute approximate surface area is 139 Å². The van der Waals surface area contributed by atoms with Crippen molar-refractivity contribution >= 4 is 11.6 Å². The van der Waals surface area contributed by atoms with Crippen molar-refractivity contribution in [2.75, 3.05) is 19.8 Å². The number of fused-ring (bicyclic) bond motifs is 1. The summed E-state index contributed by atoms with van der Waals surface area (Å²) in [6, 6.07) is 3.36. The summed E-state index contributed by atoms with van der Waals surface area (Å²) >= 11 is 0. The van der Waals surface area contributed by atoms with E-state index in [9.17, 15) is 14.7 Å². The van der Waals surface area contributed by atoms with Crippen LogP contribution in [0.25, 0.3) is 5.65 Å². The maximum Gasteiger partial charge on any atom is 0.274 e. The number of aromatic nitrogens is 2. The molecule has 0 saturated heterocycles. The fourth-order valence-electron chi connectivity index (χ4n) is 2.23. The van der Waals surface area contributed by atoms with E-state index in [0.29, 0.717) is 13.2 Å². The molecule has 24 heavy (non-hydrogen) atoms. The number of carbonyl (C=O) groups is 1. The summed E-state index contributed by atoms with van der Waals surface area (Å²) in [6.45, 7) is 6.35. The van der Waals surface area contributed by atoms with E-state index < -0.39 is 29.2 Å². The van der Waals surface area contributed by atoms with Gasteiger partial charge in [0.1, 0.15) is 5.65 Å². The Morgan fingerprint density at radius 1 is 1.38 bits per heavy atom. The summed E-state index contributed by atoms with van der Waals surface area (Å²) in [5.74, 6) is -1.34. The first-order valence-corrected chi connectivity index (χ1v) is 7.71. The van der Waals surface area contributed by atoms with Crippen molar-refractivity contribution in [1.29, 1.82) is 0 Å². The lowest BCUT2D eigenvalue weighted by Gasteiger charge is -2.17. The number of rotatable bonds is 7. The van der Waals surface area contributed by atoms with E-state index in [4.69, 9.17) is 9.47 Å². The molecule has 130 valence electrons. The standard InChI is InChI=1S/C16H21N3O5/c1-4-23-12(24-5-2)9-17-14(20)13-15(21)18-11-8-10(3)6-7-19(11)16(13)22/h6-8,12,21H,4-5,9H2,1-3H3,(H,17,20). The molecule has 0 aliphatic rings. The van der Waals surface area contributed by atoms with Crippen molar-refractivity contribution in [3.05, 3.63) is 39.8 Å². The molecule has 2 rings (SSSR count). The van der Waals surface area contributed by atoms with Gasteiger partial charge in [0.05, 0.1) is 6.54 Å². The molecule has 0 bridgehead atoms. The Morgan fingerprint density at radius 2 is 2.04 bits per heavy atom. The molecule has 1 amide bonds. The normalized spacial score (nSPS) is 11.2. The second kappa shape index (κ2) is 7.89. The first-order chi connectivity index (χ1) is 11.5. The fraction of sp³-hybridized carbons (Fsp3) is 0.438. The molecule has 0 unspecified atom stereocenters. The van der Waals surface area contributed by atoms with Crippen LogP contribution in [0.1, 0.15) is 29.8 Å². The van der Waals surface area contributed by atoms with Crippen LogP contribution in [-0.2, 0) is 9.47 Å². The molecule has 0 saturated carbocycles. The summed E-state index contributed by atoms with van der Waals surface area (Å²) in [5.41, 5.74) is 0.104. The second-order valence-corrected chi connectivity index (χ2v) is 5.10. The maximum atomic E-state index is 12.4. The predicted octanol–water partition coefficient (Wildman–Crippen LogP) is 0.837. The molecule has 2 N–H and O–H groups in total. The highest BCUT2D eigenvalue weighted by Gasteiger charge is 2.21. The number of aromatic hydroxyl groups is 1. The molecule has 0 aliphatic carbocycles. The molecule has 0 radical (unpaired) electrons. The summed E-state index contributed by atoms with van der Waals surface area (Å²) in [4.78, 5) is 28.6. The zero-order valence-electron chi connectivity index (χ0n) is 13.9. The number of nitrogens with zero attached hydrogens (tertiary/aromatic N) is 2. The largest absolute Gasteiger partial charge is 0.493 e. The minimum atomic E-state index is -0.732. The summed E-state index contributed by atoms with van der Waals surface area (Å²) < 4.78 is 11.8. The molecular weight excluding hydrogens is 314 g/mol. The maximum absolute atomic E-state index is 12.4. The highest BCUT2D eigenvalue weighted by atomic mass is 16.7. The third-order valence-electron chi connectivity index (χ3n) is 3.33. The number of hydrogen-bond donors (Lipinski definition) is 2. The summed E-state index contributed by atoms with van der Waals surface area (Å²) in [6.07, 6.45) is 0.893. The number of hydrogen-bond acceptors (Lipinski definition) is 6. The number of amides is 1. The van der Waals surface area contributed by atoms with Crippen molar-refractivity contribution in [1.82, 2.24) is 14.7 Å². The first kappa shape index (κ1) is 17.9. The smallest absolute Gasteiger partial charge is 0.274 e. The molecule has 0 spiro atoms. The Balaban J connectivity index is 2.26. The second-order valence-electron chi connectivity index (χ2n) is 5.10. The van der Waals surface area contributed by atoms with Gasteiger partial charge in [-0.05, 0) is 38.5 Å². The van der Waals surface area contributed by atoms with Crippen LogP contribution in [0.3, 0.4) is 0 Å². The Hall–Kier alpha value is -2.45.